The molecular formula is C20H22ClNO4S. The Morgan fingerprint density at radius 1 is 1.00 bits per heavy atom. The van der Waals surface area contributed by atoms with Gasteiger partial charge in [-0.3, -0.25) is 0 Å². The van der Waals surface area contributed by atoms with E-state index in [0.29, 0.717) is 18.8 Å². The highest BCUT2D eigenvalue weighted by Crippen LogP contribution is 2.26. The van der Waals surface area contributed by atoms with Gasteiger partial charge in [0.2, 0.25) is 10.0 Å². The van der Waals surface area contributed by atoms with Crippen LogP contribution in [0.4, 0.5) is 0 Å². The van der Waals surface area contributed by atoms with E-state index in [1.165, 1.54) is 22.5 Å². The Kier molecular flexibility index (Phi) is 5.89. The maximum absolute atomic E-state index is 12.8. The van der Waals surface area contributed by atoms with Crippen molar-refractivity contribution >= 4 is 27.6 Å². The number of aryl methyl sites for hydroxylation is 2. The Morgan fingerprint density at radius 2 is 1.70 bits per heavy atom. The van der Waals surface area contributed by atoms with Crippen LogP contribution in [0.1, 0.15) is 40.7 Å². The van der Waals surface area contributed by atoms with Gasteiger partial charge < -0.3 is 4.74 Å². The average Bonchev–Trinajstić information content (AvgIpc) is 2.65. The summed E-state index contributed by atoms with van der Waals surface area (Å²) in [5.74, 6) is -0.289. The second-order valence-corrected chi connectivity index (χ2v) is 9.09. The number of hydrogen-bond donors (Lipinski definition) is 0. The fourth-order valence-electron chi connectivity index (χ4n) is 3.02. The maximum atomic E-state index is 12.8. The number of sulfonamides is 1. The zero-order valence-corrected chi connectivity index (χ0v) is 16.9. The summed E-state index contributed by atoms with van der Waals surface area (Å²) in [7, 11) is -3.65. The van der Waals surface area contributed by atoms with E-state index in [-0.39, 0.29) is 15.5 Å². The molecule has 3 rings (SSSR count). The van der Waals surface area contributed by atoms with E-state index in [9.17, 15) is 13.2 Å². The van der Waals surface area contributed by atoms with Gasteiger partial charge in [-0.05, 0) is 68.1 Å². The lowest BCUT2D eigenvalue weighted by Gasteiger charge is -2.26. The molecule has 0 spiro atoms. The Hall–Kier alpha value is -1.89. The molecule has 1 fully saturated rings. The number of carbonyl (C=O) groups excluding carboxylic acids is 1. The summed E-state index contributed by atoms with van der Waals surface area (Å²) in [6, 6.07) is 9.47. The lowest BCUT2D eigenvalue weighted by Crippen LogP contribution is -2.35. The van der Waals surface area contributed by atoms with Crippen molar-refractivity contribution in [3.05, 3.63) is 58.1 Å². The van der Waals surface area contributed by atoms with E-state index in [2.05, 4.69) is 0 Å². The van der Waals surface area contributed by atoms with E-state index >= 15 is 0 Å². The number of carbonyl (C=O) groups is 1. The Balaban J connectivity index is 1.88. The number of halogens is 1. The van der Waals surface area contributed by atoms with Crippen LogP contribution >= 0.6 is 11.6 Å². The normalized spacial score (nSPS) is 15.5. The molecule has 5 nitrogen and oxygen atoms in total. The summed E-state index contributed by atoms with van der Waals surface area (Å²) < 4.78 is 32.5. The minimum absolute atomic E-state index is 0.0352. The van der Waals surface area contributed by atoms with Crippen molar-refractivity contribution in [3.8, 4) is 5.75 Å². The first-order chi connectivity index (χ1) is 12.8. The molecule has 1 heterocycles. The van der Waals surface area contributed by atoms with Gasteiger partial charge in [0.15, 0.2) is 0 Å². The first-order valence-electron chi connectivity index (χ1n) is 8.88. The molecule has 0 unspecified atom stereocenters. The van der Waals surface area contributed by atoms with E-state index in [1.54, 1.807) is 12.1 Å². The van der Waals surface area contributed by atoms with Crippen molar-refractivity contribution in [1.82, 2.24) is 4.31 Å². The lowest BCUT2D eigenvalue weighted by molar-refractivity contribution is 0.0734. The van der Waals surface area contributed by atoms with Crippen LogP contribution in [0.3, 0.4) is 0 Å². The maximum Gasteiger partial charge on any atom is 0.345 e. The van der Waals surface area contributed by atoms with E-state index in [1.807, 2.05) is 19.9 Å². The Labute approximate surface area is 165 Å². The fraction of sp³-hybridized carbons (Fsp3) is 0.350. The van der Waals surface area contributed by atoms with Crippen molar-refractivity contribution < 1.29 is 17.9 Å². The van der Waals surface area contributed by atoms with Crippen LogP contribution in [0.2, 0.25) is 5.02 Å². The molecule has 0 N–H and O–H groups in total. The summed E-state index contributed by atoms with van der Waals surface area (Å²) in [6.45, 7) is 4.87. The second kappa shape index (κ2) is 8.00. The van der Waals surface area contributed by atoms with Crippen LogP contribution in [0.5, 0.6) is 5.75 Å². The summed E-state index contributed by atoms with van der Waals surface area (Å²) in [5.41, 5.74) is 2.11. The molecular weight excluding hydrogens is 386 g/mol. The third-order valence-corrected chi connectivity index (χ3v) is 7.02. The van der Waals surface area contributed by atoms with Gasteiger partial charge >= 0.3 is 5.97 Å². The predicted octanol–water partition coefficient (Wildman–Crippen LogP) is 4.35. The summed E-state index contributed by atoms with van der Waals surface area (Å²) in [6.07, 6.45) is 2.71. The molecule has 1 saturated heterocycles. The fourth-order valence-corrected chi connectivity index (χ4v) is 4.75. The third-order valence-electron chi connectivity index (χ3n) is 4.80. The van der Waals surface area contributed by atoms with Crippen molar-refractivity contribution in [2.75, 3.05) is 13.1 Å². The topological polar surface area (TPSA) is 63.7 Å². The van der Waals surface area contributed by atoms with Gasteiger partial charge in [-0.1, -0.05) is 24.1 Å². The molecule has 27 heavy (non-hydrogen) atoms. The van der Waals surface area contributed by atoms with Gasteiger partial charge in [0, 0.05) is 13.1 Å². The minimum atomic E-state index is -3.65. The van der Waals surface area contributed by atoms with Crippen LogP contribution in [-0.2, 0) is 10.0 Å². The van der Waals surface area contributed by atoms with Gasteiger partial charge in [0.1, 0.15) is 5.75 Å². The third kappa shape index (κ3) is 4.34. The molecule has 0 saturated carbocycles. The van der Waals surface area contributed by atoms with Crippen LogP contribution in [0.25, 0.3) is 0 Å². The molecule has 0 aromatic heterocycles. The lowest BCUT2D eigenvalue weighted by atomic mass is 10.1. The summed E-state index contributed by atoms with van der Waals surface area (Å²) >= 11 is 6.14. The number of benzene rings is 2. The smallest absolute Gasteiger partial charge is 0.345 e. The highest BCUT2D eigenvalue weighted by molar-refractivity contribution is 7.89. The average molecular weight is 408 g/mol. The van der Waals surface area contributed by atoms with Gasteiger partial charge in [0.25, 0.3) is 0 Å². The van der Waals surface area contributed by atoms with E-state index < -0.39 is 16.0 Å². The molecule has 1 aliphatic heterocycles. The zero-order valence-electron chi connectivity index (χ0n) is 15.4. The molecule has 0 amide bonds. The van der Waals surface area contributed by atoms with Crippen LogP contribution < -0.4 is 4.74 Å². The number of ether oxygens (including phenoxy) is 1. The number of piperidine rings is 1. The SMILES string of the molecule is Cc1ccc(OC(=O)c2cc(S(=O)(=O)N3CCCCC3)ccc2Cl)cc1C. The highest BCUT2D eigenvalue weighted by Gasteiger charge is 2.27. The molecule has 0 bridgehead atoms. The monoisotopic (exact) mass is 407 g/mol. The van der Waals surface area contributed by atoms with Gasteiger partial charge in [-0.15, -0.1) is 0 Å². The standard InChI is InChI=1S/C20H22ClNO4S/c1-14-6-7-16(12-15(14)2)26-20(23)18-13-17(8-9-19(18)21)27(24,25)22-10-4-3-5-11-22/h6-9,12-13H,3-5,10-11H2,1-2H3. The van der Waals surface area contributed by atoms with Crippen molar-refractivity contribution in [3.63, 3.8) is 0 Å². The van der Waals surface area contributed by atoms with Gasteiger partial charge in [-0.25, -0.2) is 13.2 Å². The van der Waals surface area contributed by atoms with Crippen LogP contribution in [0, 0.1) is 13.8 Å². The van der Waals surface area contributed by atoms with Crippen molar-refractivity contribution in [2.45, 2.75) is 38.0 Å². The number of esters is 1. The zero-order chi connectivity index (χ0) is 19.6. The molecule has 0 radical (unpaired) electrons. The van der Waals surface area contributed by atoms with Crippen LogP contribution in [0.15, 0.2) is 41.3 Å². The molecule has 0 atom stereocenters. The summed E-state index contributed by atoms with van der Waals surface area (Å²) in [4.78, 5) is 12.6. The highest BCUT2D eigenvalue weighted by atomic mass is 35.5. The van der Waals surface area contributed by atoms with Gasteiger partial charge in [-0.2, -0.15) is 4.31 Å². The first-order valence-corrected chi connectivity index (χ1v) is 10.7. The first kappa shape index (κ1) is 19.9. The molecule has 2 aromatic rings. The molecule has 144 valence electrons. The van der Waals surface area contributed by atoms with Crippen molar-refractivity contribution in [1.29, 1.82) is 0 Å². The second-order valence-electron chi connectivity index (χ2n) is 6.74. The predicted molar refractivity (Wildman–Crippen MR) is 105 cm³/mol. The molecule has 2 aromatic carbocycles. The Morgan fingerprint density at radius 3 is 2.37 bits per heavy atom. The quantitative estimate of drug-likeness (QED) is 0.558. The van der Waals surface area contributed by atoms with E-state index in [4.69, 9.17) is 16.3 Å². The number of nitrogens with zero attached hydrogens (tertiary/aromatic N) is 1. The Bertz CT molecular complexity index is 966. The molecule has 7 heteroatoms. The van der Waals surface area contributed by atoms with E-state index in [0.717, 1.165) is 30.4 Å². The number of hydrogen-bond acceptors (Lipinski definition) is 4. The molecule has 0 aliphatic carbocycles. The summed E-state index contributed by atoms with van der Waals surface area (Å²) in [5, 5.41) is 0.154. The molecule has 1 aliphatic rings. The largest absolute Gasteiger partial charge is 0.423 e. The number of rotatable bonds is 4. The minimum Gasteiger partial charge on any atom is -0.423 e. The van der Waals surface area contributed by atoms with Gasteiger partial charge in [0.05, 0.1) is 15.5 Å². The van der Waals surface area contributed by atoms with Crippen LogP contribution in [-0.4, -0.2) is 31.8 Å². The van der Waals surface area contributed by atoms with Crippen molar-refractivity contribution in [2.24, 2.45) is 0 Å².